The van der Waals surface area contributed by atoms with E-state index in [-0.39, 0.29) is 6.42 Å². The topological polar surface area (TPSA) is 75.3 Å². The van der Waals surface area contributed by atoms with Gasteiger partial charge in [-0.1, -0.05) is 0 Å². The molecule has 0 aliphatic heterocycles. The zero-order valence-electron chi connectivity index (χ0n) is 8.48. The highest BCUT2D eigenvalue weighted by molar-refractivity contribution is 5.76. The Hall–Kier alpha value is -1.36. The summed E-state index contributed by atoms with van der Waals surface area (Å²) in [5, 5.41) is 22.3. The highest BCUT2D eigenvalue weighted by Crippen LogP contribution is 2.15. The number of aromatic nitrogens is 2. The predicted octanol–water partition coefficient (Wildman–Crippen LogP) is 0.107. The molecule has 2 N–H and O–H groups in total. The van der Waals surface area contributed by atoms with E-state index in [0.29, 0.717) is 0 Å². The third-order valence-corrected chi connectivity index (χ3v) is 2.24. The first kappa shape index (κ1) is 10.7. The first-order valence-electron chi connectivity index (χ1n) is 4.28. The second-order valence-corrected chi connectivity index (χ2v) is 3.65. The summed E-state index contributed by atoms with van der Waals surface area (Å²) in [6.45, 7) is 3.11. The molecule has 1 heterocycles. The van der Waals surface area contributed by atoms with E-state index >= 15 is 0 Å². The third-order valence-electron chi connectivity index (χ3n) is 2.24. The number of hydrogen-bond acceptors (Lipinski definition) is 3. The summed E-state index contributed by atoms with van der Waals surface area (Å²) in [5.74, 6) is -1.22. The number of aliphatic hydroxyl groups is 1. The summed E-state index contributed by atoms with van der Waals surface area (Å²) in [5.41, 5.74) is -0.120. The van der Waals surface area contributed by atoms with Crippen molar-refractivity contribution in [3.05, 3.63) is 17.5 Å². The fourth-order valence-electron chi connectivity index (χ4n) is 1.23. The summed E-state index contributed by atoms with van der Waals surface area (Å²) in [7, 11) is 1.72. The Morgan fingerprint density at radius 3 is 2.64 bits per heavy atom. The summed E-state index contributed by atoms with van der Waals surface area (Å²) < 4.78 is 1.58. The van der Waals surface area contributed by atoms with Crippen LogP contribution in [0.4, 0.5) is 0 Å². The van der Waals surface area contributed by atoms with Gasteiger partial charge in [-0.25, -0.2) is 4.79 Å². The van der Waals surface area contributed by atoms with E-state index in [2.05, 4.69) is 5.10 Å². The zero-order valence-corrected chi connectivity index (χ0v) is 8.48. The van der Waals surface area contributed by atoms with Crippen LogP contribution in [0.25, 0.3) is 0 Å². The van der Waals surface area contributed by atoms with E-state index in [1.54, 1.807) is 17.9 Å². The minimum absolute atomic E-state index is 0.0602. The van der Waals surface area contributed by atoms with Gasteiger partial charge >= 0.3 is 5.97 Å². The molecule has 1 unspecified atom stereocenters. The van der Waals surface area contributed by atoms with Crippen LogP contribution in [0.5, 0.6) is 0 Å². The van der Waals surface area contributed by atoms with Crippen molar-refractivity contribution in [2.75, 3.05) is 0 Å². The molecule has 0 fully saturated rings. The van der Waals surface area contributed by atoms with E-state index in [9.17, 15) is 9.90 Å². The highest BCUT2D eigenvalue weighted by atomic mass is 16.4. The maximum absolute atomic E-state index is 10.7. The van der Waals surface area contributed by atoms with Gasteiger partial charge < -0.3 is 10.2 Å². The molecule has 1 rings (SSSR count). The molecule has 5 nitrogen and oxygen atoms in total. The second-order valence-electron chi connectivity index (χ2n) is 3.65. The average molecular weight is 198 g/mol. The lowest BCUT2D eigenvalue weighted by atomic mass is 9.99. The van der Waals surface area contributed by atoms with Gasteiger partial charge in [0.15, 0.2) is 5.60 Å². The number of carbonyl (C=O) groups is 1. The SMILES string of the molecule is Cc1cnn(C)c1CC(C)(O)C(=O)O. The van der Waals surface area contributed by atoms with Crippen LogP contribution < -0.4 is 0 Å². The lowest BCUT2D eigenvalue weighted by molar-refractivity contribution is -0.156. The largest absolute Gasteiger partial charge is 0.479 e. The monoisotopic (exact) mass is 198 g/mol. The minimum atomic E-state index is -1.74. The number of carboxylic acids is 1. The van der Waals surface area contributed by atoms with Gasteiger partial charge in [-0.15, -0.1) is 0 Å². The number of hydrogen-bond donors (Lipinski definition) is 2. The van der Waals surface area contributed by atoms with Crippen LogP contribution in [-0.4, -0.2) is 31.6 Å². The molecular formula is C9H14N2O3. The third kappa shape index (κ3) is 1.93. The van der Waals surface area contributed by atoms with Crippen molar-refractivity contribution in [2.24, 2.45) is 7.05 Å². The lowest BCUT2D eigenvalue weighted by Crippen LogP contribution is -2.38. The Kier molecular flexibility index (Phi) is 2.62. The molecule has 0 spiro atoms. The van der Waals surface area contributed by atoms with E-state index in [0.717, 1.165) is 11.3 Å². The maximum atomic E-state index is 10.7. The van der Waals surface area contributed by atoms with Gasteiger partial charge in [-0.05, 0) is 19.4 Å². The second kappa shape index (κ2) is 3.42. The Morgan fingerprint density at radius 2 is 2.29 bits per heavy atom. The molecule has 0 bridgehead atoms. The molecular weight excluding hydrogens is 184 g/mol. The van der Waals surface area contributed by atoms with Crippen molar-refractivity contribution in [1.82, 2.24) is 9.78 Å². The van der Waals surface area contributed by atoms with Crippen molar-refractivity contribution in [3.8, 4) is 0 Å². The van der Waals surface area contributed by atoms with Crippen molar-refractivity contribution in [3.63, 3.8) is 0 Å². The molecule has 1 aromatic heterocycles. The first-order chi connectivity index (χ1) is 6.34. The van der Waals surface area contributed by atoms with Crippen LogP contribution >= 0.6 is 0 Å². The van der Waals surface area contributed by atoms with Crippen molar-refractivity contribution in [1.29, 1.82) is 0 Å². The van der Waals surface area contributed by atoms with Crippen molar-refractivity contribution in [2.45, 2.75) is 25.9 Å². The fraction of sp³-hybridized carbons (Fsp3) is 0.556. The molecule has 0 aromatic carbocycles. The molecule has 78 valence electrons. The van der Waals surface area contributed by atoms with Crippen molar-refractivity contribution >= 4 is 5.97 Å². The van der Waals surface area contributed by atoms with Crippen LogP contribution in [-0.2, 0) is 18.3 Å². The van der Waals surface area contributed by atoms with Gasteiger partial charge in [0.25, 0.3) is 0 Å². The molecule has 5 heteroatoms. The van der Waals surface area contributed by atoms with Gasteiger partial charge in [-0.3, -0.25) is 4.68 Å². The molecule has 0 saturated carbocycles. The zero-order chi connectivity index (χ0) is 10.9. The van der Waals surface area contributed by atoms with Gasteiger partial charge in [0.2, 0.25) is 0 Å². The van der Waals surface area contributed by atoms with E-state index in [1.165, 1.54) is 6.92 Å². The van der Waals surface area contributed by atoms with E-state index < -0.39 is 11.6 Å². The Balaban J connectivity index is 2.94. The lowest BCUT2D eigenvalue weighted by Gasteiger charge is -2.18. The summed E-state index contributed by atoms with van der Waals surface area (Å²) >= 11 is 0. The van der Waals surface area contributed by atoms with Gasteiger partial charge in [-0.2, -0.15) is 5.10 Å². The van der Waals surface area contributed by atoms with Crippen LogP contribution in [0.1, 0.15) is 18.2 Å². The Labute approximate surface area is 82.0 Å². The van der Waals surface area contributed by atoms with Gasteiger partial charge in [0, 0.05) is 19.2 Å². The number of rotatable bonds is 3. The van der Waals surface area contributed by atoms with Crippen LogP contribution in [0.15, 0.2) is 6.20 Å². The van der Waals surface area contributed by atoms with Crippen molar-refractivity contribution < 1.29 is 15.0 Å². The van der Waals surface area contributed by atoms with E-state index in [4.69, 9.17) is 5.11 Å². The van der Waals surface area contributed by atoms with Crippen LogP contribution in [0.3, 0.4) is 0 Å². The molecule has 0 radical (unpaired) electrons. The smallest absolute Gasteiger partial charge is 0.335 e. The van der Waals surface area contributed by atoms with Gasteiger partial charge in [0.1, 0.15) is 0 Å². The Bertz CT molecular complexity index is 335. The molecule has 1 atom stereocenters. The molecule has 0 amide bonds. The summed E-state index contributed by atoms with van der Waals surface area (Å²) in [6.07, 6.45) is 1.71. The molecule has 1 aromatic rings. The number of carboxylic acid groups (broad SMARTS) is 1. The number of aliphatic carboxylic acids is 1. The number of nitrogens with zero attached hydrogens (tertiary/aromatic N) is 2. The van der Waals surface area contributed by atoms with E-state index in [1.807, 2.05) is 6.92 Å². The molecule has 0 aliphatic carbocycles. The first-order valence-corrected chi connectivity index (χ1v) is 4.28. The van der Waals surface area contributed by atoms with Crippen LogP contribution in [0, 0.1) is 6.92 Å². The molecule has 0 saturated heterocycles. The summed E-state index contributed by atoms with van der Waals surface area (Å²) in [6, 6.07) is 0. The molecule has 14 heavy (non-hydrogen) atoms. The Morgan fingerprint density at radius 1 is 1.71 bits per heavy atom. The standard InChI is InChI=1S/C9H14N2O3/c1-6-5-10-11(3)7(6)4-9(2,14)8(12)13/h5,14H,4H2,1-3H3,(H,12,13). The summed E-state index contributed by atoms with van der Waals surface area (Å²) in [4.78, 5) is 10.7. The quantitative estimate of drug-likeness (QED) is 0.722. The van der Waals surface area contributed by atoms with Crippen LogP contribution in [0.2, 0.25) is 0 Å². The fourth-order valence-corrected chi connectivity index (χ4v) is 1.23. The predicted molar refractivity (Wildman–Crippen MR) is 49.9 cm³/mol. The average Bonchev–Trinajstić information content (AvgIpc) is 2.35. The maximum Gasteiger partial charge on any atom is 0.335 e. The highest BCUT2D eigenvalue weighted by Gasteiger charge is 2.31. The van der Waals surface area contributed by atoms with Gasteiger partial charge in [0.05, 0.1) is 6.20 Å². The normalized spacial score (nSPS) is 15.1. The minimum Gasteiger partial charge on any atom is -0.479 e. The molecule has 0 aliphatic rings. The number of aryl methyl sites for hydroxylation is 2.